The van der Waals surface area contributed by atoms with Gasteiger partial charge in [-0.3, -0.25) is 9.59 Å². The molecule has 1 aliphatic rings. The summed E-state index contributed by atoms with van der Waals surface area (Å²) in [6, 6.07) is 0. The van der Waals surface area contributed by atoms with Crippen LogP contribution in [-0.4, -0.2) is 37.4 Å². The highest BCUT2D eigenvalue weighted by Crippen LogP contribution is 2.13. The second-order valence-electron chi connectivity index (χ2n) is 5.50. The van der Waals surface area contributed by atoms with Crippen LogP contribution in [0, 0.1) is 5.92 Å². The van der Waals surface area contributed by atoms with Crippen molar-refractivity contribution in [2.24, 2.45) is 5.92 Å². The largest absolute Gasteiger partial charge is 0.463 e. The van der Waals surface area contributed by atoms with Gasteiger partial charge >= 0.3 is 11.9 Å². The van der Waals surface area contributed by atoms with Crippen molar-refractivity contribution in [3.63, 3.8) is 0 Å². The molecule has 0 spiro atoms. The fourth-order valence-corrected chi connectivity index (χ4v) is 2.16. The van der Waals surface area contributed by atoms with Crippen molar-refractivity contribution in [1.82, 2.24) is 0 Å². The van der Waals surface area contributed by atoms with E-state index in [2.05, 4.69) is 0 Å². The third kappa shape index (κ3) is 6.37. The van der Waals surface area contributed by atoms with E-state index in [4.69, 9.17) is 14.2 Å². The molecule has 0 radical (unpaired) electrons. The average molecular weight is 286 g/mol. The van der Waals surface area contributed by atoms with Crippen LogP contribution < -0.4 is 0 Å². The molecule has 116 valence electrons. The number of esters is 2. The molecule has 1 saturated heterocycles. The number of ether oxygens (including phenoxy) is 3. The molecule has 0 bridgehead atoms. The molecule has 0 amide bonds. The summed E-state index contributed by atoms with van der Waals surface area (Å²) in [5.41, 5.74) is 0. The summed E-state index contributed by atoms with van der Waals surface area (Å²) >= 11 is 0. The van der Waals surface area contributed by atoms with Gasteiger partial charge in [0.15, 0.2) is 0 Å². The van der Waals surface area contributed by atoms with E-state index in [1.54, 1.807) is 0 Å². The summed E-state index contributed by atoms with van der Waals surface area (Å²) in [4.78, 5) is 23.1. The Morgan fingerprint density at radius 3 is 2.50 bits per heavy atom. The zero-order valence-electron chi connectivity index (χ0n) is 12.7. The minimum atomic E-state index is -0.366. The first-order valence-corrected chi connectivity index (χ1v) is 7.49. The second-order valence-corrected chi connectivity index (χ2v) is 5.50. The lowest BCUT2D eigenvalue weighted by atomic mass is 10.1. The monoisotopic (exact) mass is 286 g/mol. The standard InChI is InChI=1S/C15H26O5/c1-4-13(11(2)3)20-15(17)8-7-14(16)19-10-12-6-5-9-18-12/h11-13H,4-10H2,1-3H3. The molecular weight excluding hydrogens is 260 g/mol. The van der Waals surface area contributed by atoms with E-state index in [9.17, 15) is 9.59 Å². The molecule has 0 aliphatic carbocycles. The number of rotatable bonds is 8. The highest BCUT2D eigenvalue weighted by atomic mass is 16.6. The first kappa shape index (κ1) is 17.0. The third-order valence-electron chi connectivity index (χ3n) is 3.42. The summed E-state index contributed by atoms with van der Waals surface area (Å²) in [6.07, 6.45) is 2.83. The predicted molar refractivity (Wildman–Crippen MR) is 74.2 cm³/mol. The number of carbonyl (C=O) groups excluding carboxylic acids is 2. The number of carbonyl (C=O) groups is 2. The lowest BCUT2D eigenvalue weighted by molar-refractivity contribution is -0.156. The van der Waals surface area contributed by atoms with Gasteiger partial charge in [-0.25, -0.2) is 0 Å². The fourth-order valence-electron chi connectivity index (χ4n) is 2.16. The van der Waals surface area contributed by atoms with Gasteiger partial charge in [0.1, 0.15) is 12.7 Å². The molecule has 1 heterocycles. The molecule has 1 fully saturated rings. The van der Waals surface area contributed by atoms with Gasteiger partial charge in [-0.2, -0.15) is 0 Å². The van der Waals surface area contributed by atoms with E-state index in [0.29, 0.717) is 0 Å². The maximum Gasteiger partial charge on any atom is 0.306 e. The molecule has 0 saturated carbocycles. The minimum absolute atomic E-state index is 0.0244. The van der Waals surface area contributed by atoms with Gasteiger partial charge in [-0.05, 0) is 25.2 Å². The quantitative estimate of drug-likeness (QED) is 0.641. The molecule has 0 N–H and O–H groups in total. The average Bonchev–Trinajstić information content (AvgIpc) is 2.93. The zero-order valence-corrected chi connectivity index (χ0v) is 12.7. The van der Waals surface area contributed by atoms with Crippen LogP contribution in [0.5, 0.6) is 0 Å². The molecule has 0 aromatic heterocycles. The first-order chi connectivity index (χ1) is 9.52. The lowest BCUT2D eigenvalue weighted by Crippen LogP contribution is -2.23. The molecule has 5 heteroatoms. The maximum atomic E-state index is 11.6. The third-order valence-corrected chi connectivity index (χ3v) is 3.42. The van der Waals surface area contributed by atoms with Gasteiger partial charge < -0.3 is 14.2 Å². The van der Waals surface area contributed by atoms with Gasteiger partial charge in [-0.1, -0.05) is 20.8 Å². The highest BCUT2D eigenvalue weighted by molar-refractivity contribution is 5.77. The molecule has 0 aromatic rings. The van der Waals surface area contributed by atoms with E-state index in [1.165, 1.54) is 0 Å². The lowest BCUT2D eigenvalue weighted by Gasteiger charge is -2.19. The Morgan fingerprint density at radius 2 is 1.95 bits per heavy atom. The SMILES string of the molecule is CCC(OC(=O)CCC(=O)OCC1CCCO1)C(C)C. The van der Waals surface area contributed by atoms with Crippen LogP contribution in [0.25, 0.3) is 0 Å². The Bertz CT molecular complexity index is 307. The van der Waals surface area contributed by atoms with E-state index in [1.807, 2.05) is 20.8 Å². The van der Waals surface area contributed by atoms with Crippen LogP contribution in [0.15, 0.2) is 0 Å². The Morgan fingerprint density at radius 1 is 1.25 bits per heavy atom. The molecule has 0 aromatic carbocycles. The van der Waals surface area contributed by atoms with Gasteiger partial charge in [0.25, 0.3) is 0 Å². The van der Waals surface area contributed by atoms with Crippen LogP contribution in [-0.2, 0) is 23.8 Å². The van der Waals surface area contributed by atoms with Gasteiger partial charge in [0, 0.05) is 6.61 Å². The van der Waals surface area contributed by atoms with Gasteiger partial charge in [-0.15, -0.1) is 0 Å². The van der Waals surface area contributed by atoms with Crippen molar-refractivity contribution < 1.29 is 23.8 Å². The van der Waals surface area contributed by atoms with Crippen LogP contribution >= 0.6 is 0 Å². The first-order valence-electron chi connectivity index (χ1n) is 7.49. The number of hydrogen-bond acceptors (Lipinski definition) is 5. The smallest absolute Gasteiger partial charge is 0.306 e. The normalized spacial score (nSPS) is 19.9. The Kier molecular flexibility index (Phi) is 7.59. The van der Waals surface area contributed by atoms with Crippen molar-refractivity contribution in [3.05, 3.63) is 0 Å². The number of hydrogen-bond donors (Lipinski definition) is 0. The van der Waals surface area contributed by atoms with E-state index in [-0.39, 0.29) is 49.5 Å². The van der Waals surface area contributed by atoms with E-state index >= 15 is 0 Å². The topological polar surface area (TPSA) is 61.8 Å². The van der Waals surface area contributed by atoms with E-state index in [0.717, 1.165) is 25.9 Å². The van der Waals surface area contributed by atoms with Crippen molar-refractivity contribution >= 4 is 11.9 Å². The molecule has 5 nitrogen and oxygen atoms in total. The second kappa shape index (κ2) is 8.95. The molecule has 2 atom stereocenters. The van der Waals surface area contributed by atoms with Crippen molar-refractivity contribution in [3.8, 4) is 0 Å². The van der Waals surface area contributed by atoms with Gasteiger partial charge in [0.2, 0.25) is 0 Å². The molecular formula is C15H26O5. The summed E-state index contributed by atoms with van der Waals surface area (Å²) in [5, 5.41) is 0. The van der Waals surface area contributed by atoms with Crippen LogP contribution in [0.3, 0.4) is 0 Å². The van der Waals surface area contributed by atoms with E-state index < -0.39 is 0 Å². The fraction of sp³-hybridized carbons (Fsp3) is 0.867. The summed E-state index contributed by atoms with van der Waals surface area (Å²) in [5.74, 6) is -0.412. The maximum absolute atomic E-state index is 11.6. The Labute approximate surface area is 121 Å². The molecule has 1 aliphatic heterocycles. The Hall–Kier alpha value is -1.10. The summed E-state index contributed by atoms with van der Waals surface area (Å²) in [6.45, 7) is 7.03. The summed E-state index contributed by atoms with van der Waals surface area (Å²) < 4.78 is 15.8. The Balaban J connectivity index is 2.14. The predicted octanol–water partition coefficient (Wildman–Crippen LogP) is 2.47. The highest BCUT2D eigenvalue weighted by Gasteiger charge is 2.19. The molecule has 20 heavy (non-hydrogen) atoms. The van der Waals surface area contributed by atoms with Gasteiger partial charge in [0.05, 0.1) is 18.9 Å². The molecule has 2 unspecified atom stereocenters. The van der Waals surface area contributed by atoms with Crippen molar-refractivity contribution in [2.45, 2.75) is 65.1 Å². The van der Waals surface area contributed by atoms with Crippen LogP contribution in [0.1, 0.15) is 52.9 Å². The van der Waals surface area contributed by atoms with Crippen molar-refractivity contribution in [1.29, 1.82) is 0 Å². The van der Waals surface area contributed by atoms with Crippen molar-refractivity contribution in [2.75, 3.05) is 13.2 Å². The minimum Gasteiger partial charge on any atom is -0.463 e. The summed E-state index contributed by atoms with van der Waals surface area (Å²) in [7, 11) is 0. The van der Waals surface area contributed by atoms with Crippen LogP contribution in [0.4, 0.5) is 0 Å². The van der Waals surface area contributed by atoms with Crippen LogP contribution in [0.2, 0.25) is 0 Å². The molecule has 1 rings (SSSR count). The zero-order chi connectivity index (χ0) is 15.0.